The van der Waals surface area contributed by atoms with E-state index in [1.807, 2.05) is 30.3 Å². The lowest BCUT2D eigenvalue weighted by Gasteiger charge is -2.12. The van der Waals surface area contributed by atoms with Crippen molar-refractivity contribution in [2.24, 2.45) is 0 Å². The molecule has 3 heteroatoms. The van der Waals surface area contributed by atoms with E-state index in [9.17, 15) is 5.11 Å². The molecule has 4 aromatic rings. The number of phenolic OH excluding ortho intramolecular Hbond substituents is 1. The van der Waals surface area contributed by atoms with Crippen molar-refractivity contribution in [3.05, 3.63) is 90.1 Å². The van der Waals surface area contributed by atoms with Crippen molar-refractivity contribution in [1.82, 2.24) is 9.97 Å². The van der Waals surface area contributed by atoms with Crippen LogP contribution in [0.15, 0.2) is 79.0 Å². The molecule has 0 amide bonds. The van der Waals surface area contributed by atoms with Crippen molar-refractivity contribution >= 4 is 0 Å². The molecule has 0 unspecified atom stereocenters. The smallest absolute Gasteiger partial charge is 0.116 e. The minimum Gasteiger partial charge on any atom is -0.508 e. The summed E-state index contributed by atoms with van der Waals surface area (Å²) in [6, 6.07) is 23.7. The Balaban J connectivity index is 1.80. The van der Waals surface area contributed by atoms with E-state index in [4.69, 9.17) is 4.98 Å². The molecule has 5 rings (SSSR count). The Kier molecular flexibility index (Phi) is 3.32. The normalized spacial score (nSPS) is 11.8. The van der Waals surface area contributed by atoms with E-state index in [0.29, 0.717) is 0 Å². The molecule has 26 heavy (non-hydrogen) atoms. The van der Waals surface area contributed by atoms with Gasteiger partial charge < -0.3 is 5.11 Å². The SMILES string of the molecule is Oc1cccc(-c2cc(-c3ccccn3)nc3c2Cc2ccccc2-3)c1. The molecule has 1 aliphatic carbocycles. The Hall–Kier alpha value is -3.46. The van der Waals surface area contributed by atoms with Crippen LogP contribution < -0.4 is 0 Å². The molecular weight excluding hydrogens is 320 g/mol. The van der Waals surface area contributed by atoms with Crippen LogP contribution in [0.5, 0.6) is 5.75 Å². The number of nitrogens with zero attached hydrogens (tertiary/aromatic N) is 2. The van der Waals surface area contributed by atoms with Gasteiger partial charge in [0.1, 0.15) is 5.75 Å². The van der Waals surface area contributed by atoms with Crippen molar-refractivity contribution in [2.45, 2.75) is 6.42 Å². The second-order valence-corrected chi connectivity index (χ2v) is 6.48. The first kappa shape index (κ1) is 14.8. The molecule has 124 valence electrons. The van der Waals surface area contributed by atoms with Crippen LogP contribution in [0.3, 0.4) is 0 Å². The van der Waals surface area contributed by atoms with Gasteiger partial charge in [0.05, 0.1) is 17.1 Å². The van der Waals surface area contributed by atoms with Crippen molar-refractivity contribution in [2.75, 3.05) is 0 Å². The summed E-state index contributed by atoms with van der Waals surface area (Å²) in [6.45, 7) is 0. The lowest BCUT2D eigenvalue weighted by Crippen LogP contribution is -1.95. The molecule has 3 nitrogen and oxygen atoms in total. The van der Waals surface area contributed by atoms with Crippen molar-refractivity contribution in [3.63, 3.8) is 0 Å². The second kappa shape index (κ2) is 5.81. The van der Waals surface area contributed by atoms with Crippen molar-refractivity contribution in [3.8, 4) is 39.5 Å². The van der Waals surface area contributed by atoms with Gasteiger partial charge in [0.25, 0.3) is 0 Å². The Morgan fingerprint density at radius 3 is 2.50 bits per heavy atom. The molecule has 0 saturated heterocycles. The van der Waals surface area contributed by atoms with Gasteiger partial charge in [-0.25, -0.2) is 4.98 Å². The number of pyridine rings is 2. The van der Waals surface area contributed by atoms with Gasteiger partial charge in [-0.05, 0) is 52.6 Å². The zero-order valence-corrected chi connectivity index (χ0v) is 14.1. The Labute approximate surface area is 151 Å². The van der Waals surface area contributed by atoms with Gasteiger partial charge in [-0.3, -0.25) is 4.98 Å². The molecule has 0 bridgehead atoms. The van der Waals surface area contributed by atoms with Crippen molar-refractivity contribution in [1.29, 1.82) is 0 Å². The molecule has 0 radical (unpaired) electrons. The molecule has 0 spiro atoms. The van der Waals surface area contributed by atoms with E-state index in [-0.39, 0.29) is 5.75 Å². The van der Waals surface area contributed by atoms with Gasteiger partial charge in [0.2, 0.25) is 0 Å². The summed E-state index contributed by atoms with van der Waals surface area (Å²) in [5.41, 5.74) is 8.48. The van der Waals surface area contributed by atoms with Crippen LogP contribution in [0.1, 0.15) is 11.1 Å². The number of hydrogen-bond donors (Lipinski definition) is 1. The lowest BCUT2D eigenvalue weighted by atomic mass is 9.97. The summed E-state index contributed by atoms with van der Waals surface area (Å²) in [4.78, 5) is 9.42. The predicted molar refractivity (Wildman–Crippen MR) is 103 cm³/mol. The number of phenols is 1. The molecule has 2 aromatic heterocycles. The minimum absolute atomic E-state index is 0.267. The molecule has 1 aliphatic rings. The number of fused-ring (bicyclic) bond motifs is 3. The summed E-state index contributed by atoms with van der Waals surface area (Å²) in [7, 11) is 0. The molecule has 0 atom stereocenters. The van der Waals surface area contributed by atoms with E-state index in [2.05, 4.69) is 35.3 Å². The minimum atomic E-state index is 0.267. The van der Waals surface area contributed by atoms with E-state index < -0.39 is 0 Å². The monoisotopic (exact) mass is 336 g/mol. The third kappa shape index (κ3) is 2.37. The van der Waals surface area contributed by atoms with Crippen LogP contribution in [0.25, 0.3) is 33.8 Å². The predicted octanol–water partition coefficient (Wildman–Crippen LogP) is 5.09. The number of hydrogen-bond acceptors (Lipinski definition) is 3. The Morgan fingerprint density at radius 2 is 1.65 bits per heavy atom. The van der Waals surface area contributed by atoms with E-state index in [0.717, 1.165) is 34.6 Å². The van der Waals surface area contributed by atoms with Crippen LogP contribution in [0.2, 0.25) is 0 Å². The number of aromatic nitrogens is 2. The fraction of sp³-hybridized carbons (Fsp3) is 0.0435. The third-order valence-corrected chi connectivity index (χ3v) is 4.85. The Morgan fingerprint density at radius 1 is 0.769 bits per heavy atom. The van der Waals surface area contributed by atoms with Crippen LogP contribution in [-0.4, -0.2) is 15.1 Å². The molecule has 0 saturated carbocycles. The van der Waals surface area contributed by atoms with Gasteiger partial charge in [0, 0.05) is 18.2 Å². The second-order valence-electron chi connectivity index (χ2n) is 6.48. The summed E-state index contributed by atoms with van der Waals surface area (Å²) in [5.74, 6) is 0.267. The van der Waals surface area contributed by atoms with Crippen LogP contribution in [0, 0.1) is 0 Å². The highest BCUT2D eigenvalue weighted by molar-refractivity contribution is 5.85. The van der Waals surface area contributed by atoms with Crippen LogP contribution in [0.4, 0.5) is 0 Å². The van der Waals surface area contributed by atoms with E-state index >= 15 is 0 Å². The topological polar surface area (TPSA) is 46.0 Å². The fourth-order valence-electron chi connectivity index (χ4n) is 3.65. The number of aromatic hydroxyl groups is 1. The maximum absolute atomic E-state index is 9.95. The highest BCUT2D eigenvalue weighted by Gasteiger charge is 2.24. The third-order valence-electron chi connectivity index (χ3n) is 4.85. The zero-order chi connectivity index (χ0) is 17.5. The molecule has 0 aliphatic heterocycles. The van der Waals surface area contributed by atoms with Gasteiger partial charge >= 0.3 is 0 Å². The molecular formula is C23H16N2O. The lowest BCUT2D eigenvalue weighted by molar-refractivity contribution is 0.475. The molecule has 2 aromatic carbocycles. The Bertz CT molecular complexity index is 1120. The standard InChI is InChI=1S/C23H16N2O/c26-17-8-5-7-15(12-17)19-14-22(21-10-3-4-11-24-21)25-23-18-9-2-1-6-16(18)13-20(19)23/h1-12,14,26H,13H2. The largest absolute Gasteiger partial charge is 0.508 e. The first-order valence-electron chi connectivity index (χ1n) is 8.62. The molecule has 0 fully saturated rings. The zero-order valence-electron chi connectivity index (χ0n) is 14.1. The van der Waals surface area contributed by atoms with Crippen LogP contribution >= 0.6 is 0 Å². The quantitative estimate of drug-likeness (QED) is 0.488. The molecule has 1 N–H and O–H groups in total. The highest BCUT2D eigenvalue weighted by atomic mass is 16.3. The summed E-state index contributed by atoms with van der Waals surface area (Å²) < 4.78 is 0. The van der Waals surface area contributed by atoms with Gasteiger partial charge in [-0.1, -0.05) is 42.5 Å². The molecule has 2 heterocycles. The first-order valence-corrected chi connectivity index (χ1v) is 8.62. The maximum atomic E-state index is 9.95. The van der Waals surface area contributed by atoms with E-state index in [1.165, 1.54) is 16.7 Å². The number of benzene rings is 2. The van der Waals surface area contributed by atoms with Gasteiger partial charge in [-0.2, -0.15) is 0 Å². The average molecular weight is 336 g/mol. The van der Waals surface area contributed by atoms with Gasteiger partial charge in [-0.15, -0.1) is 0 Å². The highest BCUT2D eigenvalue weighted by Crippen LogP contribution is 2.42. The summed E-state index contributed by atoms with van der Waals surface area (Å²) >= 11 is 0. The van der Waals surface area contributed by atoms with Crippen LogP contribution in [-0.2, 0) is 6.42 Å². The first-order chi connectivity index (χ1) is 12.8. The maximum Gasteiger partial charge on any atom is 0.116 e. The fourth-order valence-corrected chi connectivity index (χ4v) is 3.65. The summed E-state index contributed by atoms with van der Waals surface area (Å²) in [5, 5.41) is 9.95. The number of rotatable bonds is 2. The van der Waals surface area contributed by atoms with Gasteiger partial charge in [0.15, 0.2) is 0 Å². The van der Waals surface area contributed by atoms with Crippen molar-refractivity contribution < 1.29 is 5.11 Å². The summed E-state index contributed by atoms with van der Waals surface area (Å²) in [6.07, 6.45) is 2.64. The average Bonchev–Trinajstić information content (AvgIpc) is 3.06. The van der Waals surface area contributed by atoms with E-state index in [1.54, 1.807) is 18.3 Å².